The van der Waals surface area contributed by atoms with Crippen LogP contribution in [0.2, 0.25) is 0 Å². The fraction of sp³-hybridized carbons (Fsp3) is 0.833. The molecule has 7 unspecified atom stereocenters. The second-order valence-corrected chi connectivity index (χ2v) is 8.57. The van der Waals surface area contributed by atoms with Crippen molar-refractivity contribution in [1.82, 2.24) is 0 Å². The molecule has 0 spiro atoms. The van der Waals surface area contributed by atoms with Gasteiger partial charge in [-0.2, -0.15) is 0 Å². The van der Waals surface area contributed by atoms with Crippen LogP contribution in [-0.2, 0) is 9.47 Å². The van der Waals surface area contributed by atoms with Crippen molar-refractivity contribution in [2.24, 2.45) is 5.73 Å². The first-order chi connectivity index (χ1) is 15.4. The molecule has 32 heavy (non-hydrogen) atoms. The molecule has 188 valence electrons. The van der Waals surface area contributed by atoms with Crippen LogP contribution in [0.3, 0.4) is 0 Å². The first-order valence-corrected chi connectivity index (χ1v) is 12.1. The van der Waals surface area contributed by atoms with Crippen LogP contribution in [0.1, 0.15) is 71.1 Å². The lowest BCUT2D eigenvalue weighted by Gasteiger charge is -2.40. The Kier molecular flexibility index (Phi) is 16.1. The number of allylic oxidation sites excluding steroid dienone is 3. The van der Waals surface area contributed by atoms with E-state index in [0.717, 1.165) is 19.3 Å². The Bertz CT molecular complexity index is 515. The van der Waals surface area contributed by atoms with Crippen LogP contribution in [0.25, 0.3) is 0 Å². The Labute approximate surface area is 192 Å². The molecule has 0 aromatic heterocycles. The maximum Gasteiger partial charge on any atom is 0.186 e. The van der Waals surface area contributed by atoms with Crippen molar-refractivity contribution in [3.8, 4) is 0 Å². The van der Waals surface area contributed by atoms with Gasteiger partial charge in [-0.3, -0.25) is 0 Å². The van der Waals surface area contributed by atoms with Gasteiger partial charge in [0.1, 0.15) is 24.4 Å². The van der Waals surface area contributed by atoms with Crippen LogP contribution < -0.4 is 5.73 Å². The van der Waals surface area contributed by atoms with Gasteiger partial charge >= 0.3 is 0 Å². The summed E-state index contributed by atoms with van der Waals surface area (Å²) in [5.41, 5.74) is 5.94. The second kappa shape index (κ2) is 17.6. The van der Waals surface area contributed by atoms with E-state index >= 15 is 0 Å². The Morgan fingerprint density at radius 3 is 2.06 bits per heavy atom. The monoisotopic (exact) mass is 459 g/mol. The van der Waals surface area contributed by atoms with Crippen molar-refractivity contribution in [3.63, 3.8) is 0 Å². The third kappa shape index (κ3) is 11.3. The molecule has 0 aromatic carbocycles. The predicted octanol–water partition coefficient (Wildman–Crippen LogP) is 1.52. The molecular formula is C24H45NO7. The SMILES string of the molecule is CCCCCC=CCCCCCC=CCC(O)C(N)COC1OC(CO)C(O)C(O)C1O. The second-order valence-electron chi connectivity index (χ2n) is 8.57. The van der Waals surface area contributed by atoms with E-state index in [-0.39, 0.29) is 6.61 Å². The van der Waals surface area contributed by atoms with Gasteiger partial charge in [0.2, 0.25) is 0 Å². The molecule has 0 aromatic rings. The predicted molar refractivity (Wildman–Crippen MR) is 124 cm³/mol. The highest BCUT2D eigenvalue weighted by atomic mass is 16.7. The third-order valence-electron chi connectivity index (χ3n) is 5.72. The van der Waals surface area contributed by atoms with Crippen LogP contribution in [0.5, 0.6) is 0 Å². The van der Waals surface area contributed by atoms with Crippen molar-refractivity contribution >= 4 is 0 Å². The Hall–Kier alpha value is -0.840. The Morgan fingerprint density at radius 2 is 1.47 bits per heavy atom. The standard InChI is InChI=1S/C24H45NO7/c1-2-3-4-5-6-7-8-9-10-11-12-13-14-15-19(27)18(25)17-31-24-23(30)22(29)21(28)20(16-26)32-24/h6-7,13-14,18-24,26-30H,2-5,8-12,15-17,25H2,1H3. The lowest BCUT2D eigenvalue weighted by molar-refractivity contribution is -0.302. The van der Waals surface area contributed by atoms with Gasteiger partial charge in [0, 0.05) is 0 Å². The highest BCUT2D eigenvalue weighted by Crippen LogP contribution is 2.22. The molecule has 1 aliphatic heterocycles. The van der Waals surface area contributed by atoms with E-state index in [2.05, 4.69) is 25.2 Å². The van der Waals surface area contributed by atoms with Crippen molar-refractivity contribution < 1.29 is 35.0 Å². The molecule has 1 saturated heterocycles. The van der Waals surface area contributed by atoms with Crippen molar-refractivity contribution in [1.29, 1.82) is 0 Å². The summed E-state index contributed by atoms with van der Waals surface area (Å²) < 4.78 is 10.6. The van der Waals surface area contributed by atoms with Gasteiger partial charge in [-0.15, -0.1) is 0 Å². The molecule has 1 aliphatic rings. The molecular weight excluding hydrogens is 414 g/mol. The average molecular weight is 460 g/mol. The van der Waals surface area contributed by atoms with Crippen LogP contribution in [-0.4, -0.2) is 81.6 Å². The number of ether oxygens (including phenoxy) is 2. The van der Waals surface area contributed by atoms with Crippen molar-refractivity contribution in [2.45, 2.75) is 114 Å². The largest absolute Gasteiger partial charge is 0.394 e. The summed E-state index contributed by atoms with van der Waals surface area (Å²) in [6, 6.07) is -0.712. The molecule has 0 bridgehead atoms. The molecule has 8 heteroatoms. The zero-order chi connectivity index (χ0) is 23.8. The van der Waals surface area contributed by atoms with E-state index in [1.165, 1.54) is 38.5 Å². The van der Waals surface area contributed by atoms with Gasteiger partial charge in [-0.05, 0) is 44.9 Å². The summed E-state index contributed by atoms with van der Waals surface area (Å²) in [4.78, 5) is 0. The number of hydrogen-bond donors (Lipinski definition) is 6. The molecule has 0 amide bonds. The summed E-state index contributed by atoms with van der Waals surface area (Å²) in [5, 5.41) is 48.9. The van der Waals surface area contributed by atoms with Gasteiger partial charge in [0.15, 0.2) is 6.29 Å². The van der Waals surface area contributed by atoms with Gasteiger partial charge in [0.05, 0.1) is 25.4 Å². The molecule has 8 nitrogen and oxygen atoms in total. The molecule has 7 atom stereocenters. The minimum absolute atomic E-state index is 0.107. The van der Waals surface area contributed by atoms with Gasteiger partial charge in [-0.25, -0.2) is 0 Å². The maximum absolute atomic E-state index is 10.2. The van der Waals surface area contributed by atoms with E-state index in [1.807, 2.05) is 6.08 Å². The summed E-state index contributed by atoms with van der Waals surface area (Å²) >= 11 is 0. The number of rotatable bonds is 17. The first kappa shape index (κ1) is 29.2. The quantitative estimate of drug-likeness (QED) is 0.142. The number of aliphatic hydroxyl groups excluding tert-OH is 5. The average Bonchev–Trinajstić information content (AvgIpc) is 2.79. The fourth-order valence-corrected chi connectivity index (χ4v) is 3.50. The number of unbranched alkanes of at least 4 members (excludes halogenated alkanes) is 7. The van der Waals surface area contributed by atoms with Gasteiger partial charge < -0.3 is 40.7 Å². The Balaban J connectivity index is 2.13. The van der Waals surface area contributed by atoms with E-state index in [4.69, 9.17) is 15.2 Å². The summed E-state index contributed by atoms with van der Waals surface area (Å²) in [6.45, 7) is 1.58. The normalized spacial score (nSPS) is 28.5. The summed E-state index contributed by atoms with van der Waals surface area (Å²) in [7, 11) is 0. The van der Waals surface area contributed by atoms with E-state index in [9.17, 15) is 25.5 Å². The zero-order valence-corrected chi connectivity index (χ0v) is 19.5. The molecule has 0 saturated carbocycles. The highest BCUT2D eigenvalue weighted by Gasteiger charge is 2.44. The maximum atomic E-state index is 10.2. The first-order valence-electron chi connectivity index (χ1n) is 12.1. The molecule has 7 N–H and O–H groups in total. The Morgan fingerprint density at radius 1 is 0.875 bits per heavy atom. The van der Waals surface area contributed by atoms with Crippen molar-refractivity contribution in [2.75, 3.05) is 13.2 Å². The smallest absolute Gasteiger partial charge is 0.186 e. The minimum atomic E-state index is -1.50. The number of nitrogens with two attached hydrogens (primary N) is 1. The van der Waals surface area contributed by atoms with Crippen LogP contribution >= 0.6 is 0 Å². The van der Waals surface area contributed by atoms with Crippen LogP contribution in [0.4, 0.5) is 0 Å². The van der Waals surface area contributed by atoms with Crippen LogP contribution in [0, 0.1) is 0 Å². The zero-order valence-electron chi connectivity index (χ0n) is 19.5. The molecule has 0 aliphatic carbocycles. The summed E-state index contributed by atoms with van der Waals surface area (Å²) in [6.07, 6.45) is 12.0. The lowest BCUT2D eigenvalue weighted by atomic mass is 9.99. The van der Waals surface area contributed by atoms with Crippen LogP contribution in [0.15, 0.2) is 24.3 Å². The number of aliphatic hydroxyl groups is 5. The van der Waals surface area contributed by atoms with E-state index in [0.29, 0.717) is 6.42 Å². The molecule has 1 fully saturated rings. The third-order valence-corrected chi connectivity index (χ3v) is 5.72. The van der Waals surface area contributed by atoms with Gasteiger partial charge in [-0.1, -0.05) is 50.5 Å². The highest BCUT2D eigenvalue weighted by molar-refractivity contribution is 4.90. The number of hydrogen-bond acceptors (Lipinski definition) is 8. The lowest BCUT2D eigenvalue weighted by Crippen LogP contribution is -2.59. The van der Waals surface area contributed by atoms with Crippen molar-refractivity contribution in [3.05, 3.63) is 24.3 Å². The minimum Gasteiger partial charge on any atom is -0.394 e. The van der Waals surface area contributed by atoms with E-state index < -0.39 is 49.5 Å². The molecule has 0 radical (unpaired) electrons. The topological polar surface area (TPSA) is 146 Å². The fourth-order valence-electron chi connectivity index (χ4n) is 3.50. The van der Waals surface area contributed by atoms with E-state index in [1.54, 1.807) is 0 Å². The molecule has 1 heterocycles. The molecule has 1 rings (SSSR count). The van der Waals surface area contributed by atoms with Gasteiger partial charge in [0.25, 0.3) is 0 Å². The summed E-state index contributed by atoms with van der Waals surface area (Å²) in [5.74, 6) is 0.